The SMILES string of the molecule is CCN1CCC(C(=N)CCC(C)O)C1C. The minimum Gasteiger partial charge on any atom is -0.393 e. The number of hydrogen-bond donors (Lipinski definition) is 2. The largest absolute Gasteiger partial charge is 0.393 e. The molecular formula is C12H24N2O. The van der Waals surface area contributed by atoms with Crippen LogP contribution in [-0.2, 0) is 0 Å². The molecule has 88 valence electrons. The smallest absolute Gasteiger partial charge is 0.0515 e. The van der Waals surface area contributed by atoms with E-state index in [-0.39, 0.29) is 6.10 Å². The fourth-order valence-electron chi connectivity index (χ4n) is 2.47. The average Bonchev–Trinajstić information content (AvgIpc) is 2.56. The molecular weight excluding hydrogens is 188 g/mol. The summed E-state index contributed by atoms with van der Waals surface area (Å²) in [6.45, 7) is 8.40. The summed E-state index contributed by atoms with van der Waals surface area (Å²) in [6.07, 6.45) is 2.33. The highest BCUT2D eigenvalue weighted by atomic mass is 16.3. The van der Waals surface area contributed by atoms with Crippen LogP contribution in [0.3, 0.4) is 0 Å². The monoisotopic (exact) mass is 212 g/mol. The Bertz CT molecular complexity index is 216. The summed E-state index contributed by atoms with van der Waals surface area (Å²) in [6, 6.07) is 0.511. The minimum absolute atomic E-state index is 0.274. The molecule has 0 amide bonds. The molecule has 2 N–H and O–H groups in total. The highest BCUT2D eigenvalue weighted by molar-refractivity contribution is 5.84. The zero-order valence-corrected chi connectivity index (χ0v) is 10.2. The Labute approximate surface area is 93.0 Å². The molecule has 15 heavy (non-hydrogen) atoms. The summed E-state index contributed by atoms with van der Waals surface area (Å²) < 4.78 is 0. The van der Waals surface area contributed by atoms with Crippen molar-refractivity contribution in [2.24, 2.45) is 5.92 Å². The van der Waals surface area contributed by atoms with Crippen LogP contribution in [0.2, 0.25) is 0 Å². The Kier molecular flexibility index (Phi) is 4.74. The van der Waals surface area contributed by atoms with Gasteiger partial charge in [0.05, 0.1) is 6.10 Å². The van der Waals surface area contributed by atoms with Gasteiger partial charge in [-0.2, -0.15) is 0 Å². The molecule has 1 heterocycles. The predicted octanol–water partition coefficient (Wildman–Crippen LogP) is 1.90. The molecule has 0 aromatic heterocycles. The molecule has 0 radical (unpaired) electrons. The molecule has 1 fully saturated rings. The molecule has 0 aliphatic carbocycles. The number of nitrogens with zero attached hydrogens (tertiary/aromatic N) is 1. The average molecular weight is 212 g/mol. The van der Waals surface area contributed by atoms with E-state index in [1.54, 1.807) is 6.92 Å². The van der Waals surface area contributed by atoms with E-state index in [0.717, 1.165) is 38.1 Å². The van der Waals surface area contributed by atoms with E-state index in [9.17, 15) is 5.11 Å². The lowest BCUT2D eigenvalue weighted by molar-refractivity contribution is 0.186. The van der Waals surface area contributed by atoms with E-state index in [1.807, 2.05) is 0 Å². The number of nitrogens with one attached hydrogen (secondary N) is 1. The number of aliphatic hydroxyl groups is 1. The normalized spacial score (nSPS) is 29.3. The van der Waals surface area contributed by atoms with Gasteiger partial charge in [0.25, 0.3) is 0 Å². The Morgan fingerprint density at radius 1 is 1.60 bits per heavy atom. The van der Waals surface area contributed by atoms with Crippen molar-refractivity contribution in [1.29, 1.82) is 5.41 Å². The van der Waals surface area contributed by atoms with Crippen LogP contribution >= 0.6 is 0 Å². The van der Waals surface area contributed by atoms with E-state index in [0.29, 0.717) is 12.0 Å². The lowest BCUT2D eigenvalue weighted by Crippen LogP contribution is -2.32. The van der Waals surface area contributed by atoms with Crippen LogP contribution in [0.4, 0.5) is 0 Å². The lowest BCUT2D eigenvalue weighted by Gasteiger charge is -2.23. The first-order chi connectivity index (χ1) is 7.06. The molecule has 3 atom stereocenters. The van der Waals surface area contributed by atoms with E-state index >= 15 is 0 Å². The van der Waals surface area contributed by atoms with Crippen molar-refractivity contribution in [2.45, 2.75) is 52.2 Å². The lowest BCUT2D eigenvalue weighted by atomic mass is 9.92. The van der Waals surface area contributed by atoms with Gasteiger partial charge in [-0.25, -0.2) is 0 Å². The van der Waals surface area contributed by atoms with Crippen LogP contribution in [0.25, 0.3) is 0 Å². The van der Waals surface area contributed by atoms with Crippen LogP contribution in [0, 0.1) is 11.3 Å². The fourth-order valence-corrected chi connectivity index (χ4v) is 2.47. The summed E-state index contributed by atoms with van der Waals surface area (Å²) in [5.74, 6) is 0.420. The third-order valence-corrected chi connectivity index (χ3v) is 3.57. The van der Waals surface area contributed by atoms with Crippen molar-refractivity contribution in [3.63, 3.8) is 0 Å². The Morgan fingerprint density at radius 2 is 2.27 bits per heavy atom. The van der Waals surface area contributed by atoms with E-state index in [1.165, 1.54) is 0 Å². The quantitative estimate of drug-likeness (QED) is 0.684. The number of aliphatic hydroxyl groups excluding tert-OH is 1. The molecule has 1 rings (SSSR count). The van der Waals surface area contributed by atoms with Gasteiger partial charge in [0.15, 0.2) is 0 Å². The summed E-state index contributed by atoms with van der Waals surface area (Å²) in [4.78, 5) is 2.43. The van der Waals surface area contributed by atoms with Gasteiger partial charge < -0.3 is 15.4 Å². The minimum atomic E-state index is -0.274. The third kappa shape index (κ3) is 3.28. The van der Waals surface area contributed by atoms with Gasteiger partial charge in [-0.3, -0.25) is 0 Å². The second-order valence-electron chi connectivity index (χ2n) is 4.68. The molecule has 0 spiro atoms. The van der Waals surface area contributed by atoms with Crippen molar-refractivity contribution in [3.05, 3.63) is 0 Å². The first-order valence-electron chi connectivity index (χ1n) is 6.05. The first-order valence-corrected chi connectivity index (χ1v) is 6.05. The molecule has 0 aromatic carbocycles. The molecule has 1 aliphatic heterocycles. The second kappa shape index (κ2) is 5.61. The molecule has 3 heteroatoms. The molecule has 3 nitrogen and oxygen atoms in total. The van der Waals surface area contributed by atoms with Crippen molar-refractivity contribution >= 4 is 5.71 Å². The van der Waals surface area contributed by atoms with Gasteiger partial charge >= 0.3 is 0 Å². The maximum atomic E-state index is 9.20. The molecule has 0 aromatic rings. The van der Waals surface area contributed by atoms with Crippen molar-refractivity contribution in [3.8, 4) is 0 Å². The summed E-state index contributed by atoms with van der Waals surface area (Å²) in [7, 11) is 0. The number of hydrogen-bond acceptors (Lipinski definition) is 3. The van der Waals surface area contributed by atoms with E-state index in [4.69, 9.17) is 5.41 Å². The fraction of sp³-hybridized carbons (Fsp3) is 0.917. The van der Waals surface area contributed by atoms with Gasteiger partial charge in [-0.1, -0.05) is 6.92 Å². The summed E-state index contributed by atoms with van der Waals surface area (Å²) in [5.41, 5.74) is 0.833. The molecule has 3 unspecified atom stereocenters. The Hall–Kier alpha value is -0.410. The van der Waals surface area contributed by atoms with Gasteiger partial charge in [0.1, 0.15) is 0 Å². The Balaban J connectivity index is 2.40. The van der Waals surface area contributed by atoms with Crippen LogP contribution in [-0.4, -0.2) is 41.0 Å². The van der Waals surface area contributed by atoms with Gasteiger partial charge in [-0.05, 0) is 46.2 Å². The summed E-state index contributed by atoms with van der Waals surface area (Å²) >= 11 is 0. The van der Waals surface area contributed by atoms with Gasteiger partial charge in [0, 0.05) is 17.7 Å². The standard InChI is InChI=1S/C12H24N2O/c1-4-14-8-7-11(10(14)3)12(13)6-5-9(2)15/h9-11,13,15H,4-8H2,1-3H3. The highest BCUT2D eigenvalue weighted by Gasteiger charge is 2.31. The van der Waals surface area contributed by atoms with E-state index < -0.39 is 0 Å². The van der Waals surface area contributed by atoms with Crippen LogP contribution in [0.1, 0.15) is 40.0 Å². The highest BCUT2D eigenvalue weighted by Crippen LogP contribution is 2.26. The predicted molar refractivity (Wildman–Crippen MR) is 63.5 cm³/mol. The maximum Gasteiger partial charge on any atom is 0.0515 e. The van der Waals surface area contributed by atoms with Crippen molar-refractivity contribution in [2.75, 3.05) is 13.1 Å². The zero-order valence-electron chi connectivity index (χ0n) is 10.2. The maximum absolute atomic E-state index is 9.20. The molecule has 0 saturated carbocycles. The third-order valence-electron chi connectivity index (χ3n) is 3.57. The van der Waals surface area contributed by atoms with Crippen molar-refractivity contribution in [1.82, 2.24) is 4.90 Å². The number of likely N-dealkylation sites (tertiary alicyclic amines) is 1. The second-order valence-corrected chi connectivity index (χ2v) is 4.68. The van der Waals surface area contributed by atoms with Crippen LogP contribution in [0.5, 0.6) is 0 Å². The van der Waals surface area contributed by atoms with Crippen LogP contribution < -0.4 is 0 Å². The molecule has 1 aliphatic rings. The molecule has 0 bridgehead atoms. The zero-order chi connectivity index (χ0) is 11.4. The summed E-state index contributed by atoms with van der Waals surface area (Å²) in [5, 5.41) is 17.2. The van der Waals surface area contributed by atoms with Crippen molar-refractivity contribution < 1.29 is 5.11 Å². The van der Waals surface area contributed by atoms with Crippen LogP contribution in [0.15, 0.2) is 0 Å². The Morgan fingerprint density at radius 3 is 2.73 bits per heavy atom. The van der Waals surface area contributed by atoms with Gasteiger partial charge in [0.2, 0.25) is 0 Å². The topological polar surface area (TPSA) is 47.3 Å². The van der Waals surface area contributed by atoms with Gasteiger partial charge in [-0.15, -0.1) is 0 Å². The first kappa shape index (κ1) is 12.7. The molecule has 1 saturated heterocycles. The van der Waals surface area contributed by atoms with E-state index in [2.05, 4.69) is 18.7 Å². The number of rotatable bonds is 5.